The summed E-state index contributed by atoms with van der Waals surface area (Å²) in [4.78, 5) is 23.6. The van der Waals surface area contributed by atoms with E-state index in [-0.39, 0.29) is 18.6 Å². The largest absolute Gasteiger partial charge is 0.493 e. The number of hydrogen-bond acceptors (Lipinski definition) is 4. The number of benzene rings is 2. The summed E-state index contributed by atoms with van der Waals surface area (Å²) in [5, 5.41) is 3.03. The molecule has 3 N–H and O–H groups in total. The summed E-state index contributed by atoms with van der Waals surface area (Å²) in [6, 6.07) is 11.2. The van der Waals surface area contributed by atoms with E-state index in [1.165, 1.54) is 31.1 Å². The molecule has 6 heteroatoms. The number of ether oxygens (including phenoxy) is 2. The van der Waals surface area contributed by atoms with Crippen molar-refractivity contribution in [2.75, 3.05) is 13.7 Å². The van der Waals surface area contributed by atoms with E-state index in [0.717, 1.165) is 18.4 Å². The van der Waals surface area contributed by atoms with Gasteiger partial charge in [0, 0.05) is 5.56 Å². The van der Waals surface area contributed by atoms with Crippen molar-refractivity contribution in [3.05, 3.63) is 58.7 Å². The molecule has 0 heterocycles. The fraction of sp³-hybridized carbons (Fsp3) is 0.364. The zero-order chi connectivity index (χ0) is 20.1. The van der Waals surface area contributed by atoms with Crippen molar-refractivity contribution in [3.8, 4) is 11.5 Å². The summed E-state index contributed by atoms with van der Waals surface area (Å²) in [5.41, 5.74) is 9.46. The molecule has 0 saturated heterocycles. The van der Waals surface area contributed by atoms with E-state index >= 15 is 0 Å². The number of hydrogen-bond donors (Lipinski definition) is 2. The van der Waals surface area contributed by atoms with Crippen LogP contribution in [0.15, 0.2) is 36.4 Å². The highest BCUT2D eigenvalue weighted by molar-refractivity contribution is 5.95. The van der Waals surface area contributed by atoms with Gasteiger partial charge in [0.25, 0.3) is 11.8 Å². The van der Waals surface area contributed by atoms with Crippen LogP contribution in [0.4, 0.5) is 0 Å². The quantitative estimate of drug-likeness (QED) is 0.770. The molecular weight excluding hydrogens is 356 g/mol. The van der Waals surface area contributed by atoms with Gasteiger partial charge in [0.2, 0.25) is 0 Å². The Morgan fingerprint density at radius 3 is 2.54 bits per heavy atom. The van der Waals surface area contributed by atoms with Crippen LogP contribution >= 0.6 is 0 Å². The van der Waals surface area contributed by atoms with Crippen LogP contribution in [0.3, 0.4) is 0 Å². The summed E-state index contributed by atoms with van der Waals surface area (Å²) in [6.45, 7) is 1.72. The molecule has 0 bridgehead atoms. The molecule has 0 unspecified atom stereocenters. The van der Waals surface area contributed by atoms with E-state index in [4.69, 9.17) is 15.2 Å². The molecule has 3 rings (SSSR count). The van der Waals surface area contributed by atoms with Crippen LogP contribution in [0.5, 0.6) is 11.5 Å². The summed E-state index contributed by atoms with van der Waals surface area (Å²) in [6.07, 6.45) is 4.72. The highest BCUT2D eigenvalue weighted by atomic mass is 16.5. The van der Waals surface area contributed by atoms with Gasteiger partial charge in [0.15, 0.2) is 18.1 Å². The summed E-state index contributed by atoms with van der Waals surface area (Å²) in [7, 11) is 1.48. The maximum atomic E-state index is 12.7. The average Bonchev–Trinajstić information content (AvgIpc) is 2.71. The molecule has 0 aliphatic heterocycles. The molecule has 0 fully saturated rings. The van der Waals surface area contributed by atoms with Crippen LogP contribution in [0.1, 0.15) is 52.9 Å². The maximum Gasteiger partial charge on any atom is 0.255 e. The minimum Gasteiger partial charge on any atom is -0.493 e. The summed E-state index contributed by atoms with van der Waals surface area (Å²) >= 11 is 0. The zero-order valence-electron chi connectivity index (χ0n) is 16.3. The number of methoxy groups -OCH3 is 1. The lowest BCUT2D eigenvalue weighted by Crippen LogP contribution is -2.27. The van der Waals surface area contributed by atoms with E-state index in [2.05, 4.69) is 23.5 Å². The van der Waals surface area contributed by atoms with Crippen molar-refractivity contribution in [2.45, 2.75) is 38.6 Å². The Morgan fingerprint density at radius 2 is 1.82 bits per heavy atom. The molecule has 28 heavy (non-hydrogen) atoms. The first kappa shape index (κ1) is 19.7. The first-order valence-corrected chi connectivity index (χ1v) is 9.49. The smallest absolute Gasteiger partial charge is 0.255 e. The van der Waals surface area contributed by atoms with Crippen LogP contribution in [-0.2, 0) is 17.6 Å². The molecule has 2 aromatic carbocycles. The third-order valence-electron chi connectivity index (χ3n) is 5.02. The van der Waals surface area contributed by atoms with Crippen LogP contribution in [0, 0.1) is 0 Å². The van der Waals surface area contributed by atoms with Crippen LogP contribution in [-0.4, -0.2) is 25.5 Å². The Morgan fingerprint density at radius 1 is 1.07 bits per heavy atom. The van der Waals surface area contributed by atoms with Gasteiger partial charge < -0.3 is 20.5 Å². The van der Waals surface area contributed by atoms with E-state index in [1.54, 1.807) is 18.2 Å². The fourth-order valence-electron chi connectivity index (χ4n) is 3.46. The van der Waals surface area contributed by atoms with Gasteiger partial charge in [0.1, 0.15) is 0 Å². The topological polar surface area (TPSA) is 90.7 Å². The second kappa shape index (κ2) is 8.78. The van der Waals surface area contributed by atoms with E-state index in [1.807, 2.05) is 6.92 Å². The van der Waals surface area contributed by atoms with Gasteiger partial charge in [-0.25, -0.2) is 0 Å². The number of amides is 2. The first-order chi connectivity index (χ1) is 13.5. The van der Waals surface area contributed by atoms with Crippen LogP contribution < -0.4 is 20.5 Å². The number of carbonyl (C=O) groups is 2. The predicted octanol–water partition coefficient (Wildman–Crippen LogP) is 2.93. The van der Waals surface area contributed by atoms with E-state index < -0.39 is 5.91 Å². The average molecular weight is 382 g/mol. The van der Waals surface area contributed by atoms with Crippen molar-refractivity contribution in [2.24, 2.45) is 5.73 Å². The number of nitrogens with one attached hydrogen (secondary N) is 1. The summed E-state index contributed by atoms with van der Waals surface area (Å²) in [5.74, 6) is -0.0522. The van der Waals surface area contributed by atoms with Crippen molar-refractivity contribution in [1.29, 1.82) is 0 Å². The molecule has 2 aromatic rings. The third kappa shape index (κ3) is 4.63. The molecule has 1 aliphatic carbocycles. The lowest BCUT2D eigenvalue weighted by molar-refractivity contribution is -0.119. The number of primary amides is 1. The number of aryl methyl sites for hydroxylation is 2. The summed E-state index contributed by atoms with van der Waals surface area (Å²) < 4.78 is 10.6. The van der Waals surface area contributed by atoms with Crippen molar-refractivity contribution in [1.82, 2.24) is 5.32 Å². The lowest BCUT2D eigenvalue weighted by Gasteiger charge is -2.20. The molecule has 0 saturated carbocycles. The number of carbonyl (C=O) groups excluding carboxylic acids is 2. The van der Waals surface area contributed by atoms with Gasteiger partial charge in [-0.1, -0.05) is 18.2 Å². The number of fused-ring (bicyclic) bond motifs is 1. The molecule has 1 atom stereocenters. The Bertz CT molecular complexity index is 879. The van der Waals surface area contributed by atoms with Gasteiger partial charge in [-0.3, -0.25) is 9.59 Å². The zero-order valence-corrected chi connectivity index (χ0v) is 16.3. The normalized spacial score (nSPS) is 13.9. The van der Waals surface area contributed by atoms with Crippen molar-refractivity contribution < 1.29 is 19.1 Å². The van der Waals surface area contributed by atoms with E-state index in [0.29, 0.717) is 17.1 Å². The Hall–Kier alpha value is -3.02. The molecular formula is C22H26N2O4. The van der Waals surface area contributed by atoms with E-state index in [9.17, 15) is 9.59 Å². The Kier molecular flexibility index (Phi) is 6.19. The molecule has 0 aromatic heterocycles. The number of nitrogens with two attached hydrogens (primary N) is 1. The maximum absolute atomic E-state index is 12.7. The van der Waals surface area contributed by atoms with Crippen molar-refractivity contribution >= 4 is 11.8 Å². The molecule has 0 radical (unpaired) electrons. The predicted molar refractivity (Wildman–Crippen MR) is 107 cm³/mol. The molecule has 6 nitrogen and oxygen atoms in total. The lowest BCUT2D eigenvalue weighted by atomic mass is 9.89. The SMILES string of the molecule is COc1cc(C(=O)N[C@H](C)c2ccc3c(c2)CCCC3)ccc1OCC(N)=O. The second-order valence-electron chi connectivity index (χ2n) is 7.05. The van der Waals surface area contributed by atoms with Gasteiger partial charge in [-0.15, -0.1) is 0 Å². The Labute approximate surface area is 165 Å². The van der Waals surface area contributed by atoms with Gasteiger partial charge >= 0.3 is 0 Å². The first-order valence-electron chi connectivity index (χ1n) is 9.49. The second-order valence-corrected chi connectivity index (χ2v) is 7.05. The molecule has 0 spiro atoms. The van der Waals surface area contributed by atoms with Crippen LogP contribution in [0.25, 0.3) is 0 Å². The number of rotatable bonds is 7. The molecule has 1 aliphatic rings. The minimum atomic E-state index is -0.581. The Balaban J connectivity index is 1.70. The monoisotopic (exact) mass is 382 g/mol. The third-order valence-corrected chi connectivity index (χ3v) is 5.02. The highest BCUT2D eigenvalue weighted by Crippen LogP contribution is 2.29. The minimum absolute atomic E-state index is 0.114. The van der Waals surface area contributed by atoms with Gasteiger partial charge in [-0.2, -0.15) is 0 Å². The van der Waals surface area contributed by atoms with Gasteiger partial charge in [-0.05, 0) is 67.5 Å². The van der Waals surface area contributed by atoms with Gasteiger partial charge in [0.05, 0.1) is 13.2 Å². The van der Waals surface area contributed by atoms with Crippen molar-refractivity contribution in [3.63, 3.8) is 0 Å². The fourth-order valence-corrected chi connectivity index (χ4v) is 3.46. The standard InChI is InChI=1S/C22H26N2O4/c1-14(16-8-7-15-5-3-4-6-17(15)11-16)24-22(26)18-9-10-19(20(12-18)27-2)28-13-21(23)25/h7-12,14H,3-6,13H2,1-2H3,(H2,23,25)(H,24,26)/t14-/m1/s1. The molecule has 2 amide bonds. The highest BCUT2D eigenvalue weighted by Gasteiger charge is 2.16. The van der Waals surface area contributed by atoms with Crippen LogP contribution in [0.2, 0.25) is 0 Å². The molecule has 148 valence electrons.